The van der Waals surface area contributed by atoms with Gasteiger partial charge in [0.05, 0.1) is 12.6 Å². The molecule has 0 unspecified atom stereocenters. The van der Waals surface area contributed by atoms with Gasteiger partial charge in [-0.3, -0.25) is 4.79 Å². The van der Waals surface area contributed by atoms with E-state index in [4.69, 9.17) is 24.5 Å². The van der Waals surface area contributed by atoms with E-state index in [0.717, 1.165) is 48.3 Å². The van der Waals surface area contributed by atoms with Crippen LogP contribution < -0.4 is 15.6 Å². The van der Waals surface area contributed by atoms with Crippen LogP contribution in [0.1, 0.15) is 24.3 Å². The Morgan fingerprint density at radius 1 is 1.00 bits per heavy atom. The normalized spacial score (nSPS) is 14.2. The zero-order valence-electron chi connectivity index (χ0n) is 19.7. The SMILES string of the molecule is COc1ccc(-c2nc3c4c(C5CCOCC5)cccc4nc(Nc4ccccnc4=O)n3n2)cc1. The molecule has 2 aromatic carbocycles. The van der Waals surface area contributed by atoms with Crippen molar-refractivity contribution in [2.75, 3.05) is 25.6 Å². The summed E-state index contributed by atoms with van der Waals surface area (Å²) in [6.45, 7) is 1.47. The van der Waals surface area contributed by atoms with Gasteiger partial charge in [-0.25, -0.2) is 15.0 Å². The Hall–Kier alpha value is -4.37. The van der Waals surface area contributed by atoms with Crippen molar-refractivity contribution in [3.05, 3.63) is 82.8 Å². The Bertz CT molecular complexity index is 1610. The van der Waals surface area contributed by atoms with E-state index < -0.39 is 0 Å². The number of rotatable bonds is 5. The smallest absolute Gasteiger partial charge is 0.293 e. The predicted octanol–water partition coefficient (Wildman–Crippen LogP) is 4.35. The molecule has 0 bridgehead atoms. The van der Waals surface area contributed by atoms with Crippen LogP contribution in [-0.2, 0) is 4.74 Å². The fraction of sp³-hybridized carbons (Fsp3) is 0.222. The molecule has 0 atom stereocenters. The van der Waals surface area contributed by atoms with E-state index >= 15 is 0 Å². The van der Waals surface area contributed by atoms with E-state index in [-0.39, 0.29) is 5.56 Å². The number of aromatic nitrogens is 5. The van der Waals surface area contributed by atoms with Crippen molar-refractivity contribution in [3.63, 3.8) is 0 Å². The van der Waals surface area contributed by atoms with Crippen LogP contribution in [0.15, 0.2) is 71.7 Å². The lowest BCUT2D eigenvalue weighted by Gasteiger charge is -2.23. The number of ether oxygens (including phenoxy) is 2. The number of nitrogens with one attached hydrogen (secondary N) is 1. The van der Waals surface area contributed by atoms with Crippen LogP contribution in [0.3, 0.4) is 0 Å². The molecule has 4 heterocycles. The Morgan fingerprint density at radius 2 is 1.83 bits per heavy atom. The maximum atomic E-state index is 12.5. The van der Waals surface area contributed by atoms with Crippen molar-refractivity contribution in [1.82, 2.24) is 24.6 Å². The lowest BCUT2D eigenvalue weighted by Crippen LogP contribution is -2.15. The Kier molecular flexibility index (Phi) is 5.74. The van der Waals surface area contributed by atoms with Crippen LogP contribution in [0.5, 0.6) is 5.75 Å². The topological polar surface area (TPSA) is 104 Å². The second-order valence-electron chi connectivity index (χ2n) is 8.64. The first-order valence-electron chi connectivity index (χ1n) is 11.9. The van der Waals surface area contributed by atoms with Crippen molar-refractivity contribution in [3.8, 4) is 17.1 Å². The third-order valence-corrected chi connectivity index (χ3v) is 6.47. The Labute approximate surface area is 206 Å². The van der Waals surface area contributed by atoms with Crippen molar-refractivity contribution < 1.29 is 9.47 Å². The molecule has 1 saturated heterocycles. The Morgan fingerprint density at radius 3 is 2.64 bits per heavy atom. The van der Waals surface area contributed by atoms with Crippen LogP contribution in [-0.4, -0.2) is 44.9 Å². The first-order valence-corrected chi connectivity index (χ1v) is 11.9. The van der Waals surface area contributed by atoms with Gasteiger partial charge in [0.2, 0.25) is 5.95 Å². The highest BCUT2D eigenvalue weighted by Crippen LogP contribution is 2.35. The lowest BCUT2D eigenvalue weighted by atomic mass is 9.89. The molecule has 1 N–H and O–H groups in total. The molecule has 0 aliphatic carbocycles. The molecule has 3 aromatic heterocycles. The summed E-state index contributed by atoms with van der Waals surface area (Å²) in [5.41, 5.74) is 3.40. The average molecular weight is 481 g/mol. The summed E-state index contributed by atoms with van der Waals surface area (Å²) in [7, 11) is 1.63. The van der Waals surface area contributed by atoms with Gasteiger partial charge < -0.3 is 14.8 Å². The van der Waals surface area contributed by atoms with Gasteiger partial charge in [0, 0.05) is 30.4 Å². The molecule has 0 radical (unpaired) electrons. The quantitative estimate of drug-likeness (QED) is 0.396. The molecule has 9 nitrogen and oxygen atoms in total. The lowest BCUT2D eigenvalue weighted by molar-refractivity contribution is 0.0856. The number of hydrogen-bond donors (Lipinski definition) is 1. The second-order valence-corrected chi connectivity index (χ2v) is 8.64. The monoisotopic (exact) mass is 480 g/mol. The largest absolute Gasteiger partial charge is 0.497 e. The van der Waals surface area contributed by atoms with E-state index in [1.54, 1.807) is 29.8 Å². The number of anilines is 2. The van der Waals surface area contributed by atoms with Crippen molar-refractivity contribution >= 4 is 28.2 Å². The number of methoxy groups -OCH3 is 1. The molecule has 0 amide bonds. The van der Waals surface area contributed by atoms with Gasteiger partial charge in [0.25, 0.3) is 5.56 Å². The van der Waals surface area contributed by atoms with E-state index in [9.17, 15) is 4.79 Å². The zero-order chi connectivity index (χ0) is 24.5. The molecular weight excluding hydrogens is 456 g/mol. The van der Waals surface area contributed by atoms with Crippen LogP contribution in [0, 0.1) is 0 Å². The predicted molar refractivity (Wildman–Crippen MR) is 137 cm³/mol. The fourth-order valence-electron chi connectivity index (χ4n) is 4.64. The second kappa shape index (κ2) is 9.35. The van der Waals surface area contributed by atoms with Gasteiger partial charge in [-0.15, -0.1) is 5.10 Å². The molecule has 1 aliphatic heterocycles. The molecule has 1 fully saturated rings. The van der Waals surface area contributed by atoms with Crippen LogP contribution in [0.2, 0.25) is 0 Å². The summed E-state index contributed by atoms with van der Waals surface area (Å²) in [6.07, 6.45) is 3.35. The minimum absolute atomic E-state index is 0.301. The summed E-state index contributed by atoms with van der Waals surface area (Å²) < 4.78 is 12.6. The Balaban J connectivity index is 1.58. The summed E-state index contributed by atoms with van der Waals surface area (Å²) in [6, 6.07) is 18.9. The highest BCUT2D eigenvalue weighted by atomic mass is 16.5. The maximum absolute atomic E-state index is 12.5. The van der Waals surface area contributed by atoms with Crippen LogP contribution >= 0.6 is 0 Å². The molecule has 36 heavy (non-hydrogen) atoms. The first-order chi connectivity index (χ1) is 17.7. The van der Waals surface area contributed by atoms with Gasteiger partial charge in [-0.2, -0.15) is 4.52 Å². The first kappa shape index (κ1) is 22.1. The maximum Gasteiger partial charge on any atom is 0.293 e. The summed E-state index contributed by atoms with van der Waals surface area (Å²) in [5, 5.41) is 8.91. The number of nitrogens with zero attached hydrogens (tertiary/aromatic N) is 5. The molecule has 0 saturated carbocycles. The molecule has 1 aliphatic rings. The molecule has 180 valence electrons. The van der Waals surface area contributed by atoms with Gasteiger partial charge in [-0.1, -0.05) is 18.2 Å². The van der Waals surface area contributed by atoms with Gasteiger partial charge in [0.1, 0.15) is 11.4 Å². The van der Waals surface area contributed by atoms with Gasteiger partial charge >= 0.3 is 0 Å². The van der Waals surface area contributed by atoms with E-state index in [2.05, 4.69) is 16.4 Å². The number of hydrogen-bond acceptors (Lipinski definition) is 8. The number of benzene rings is 2. The van der Waals surface area contributed by atoms with Gasteiger partial charge in [0.15, 0.2) is 11.5 Å². The highest BCUT2D eigenvalue weighted by Gasteiger charge is 2.23. The van der Waals surface area contributed by atoms with Crippen LogP contribution in [0.25, 0.3) is 27.9 Å². The van der Waals surface area contributed by atoms with E-state index in [1.165, 1.54) is 11.8 Å². The van der Waals surface area contributed by atoms with Crippen LogP contribution in [0.4, 0.5) is 11.6 Å². The molecule has 5 aromatic rings. The van der Waals surface area contributed by atoms with Crippen molar-refractivity contribution in [1.29, 1.82) is 0 Å². The molecule has 0 spiro atoms. The van der Waals surface area contributed by atoms with E-state index in [0.29, 0.717) is 29.0 Å². The summed E-state index contributed by atoms with van der Waals surface area (Å²) in [4.78, 5) is 26.3. The summed E-state index contributed by atoms with van der Waals surface area (Å²) in [5.74, 6) is 2.04. The minimum atomic E-state index is -0.388. The molecular formula is C27H24N6O3. The van der Waals surface area contributed by atoms with E-state index in [1.807, 2.05) is 36.4 Å². The minimum Gasteiger partial charge on any atom is -0.497 e. The number of fused-ring (bicyclic) bond motifs is 3. The third kappa shape index (κ3) is 4.03. The standard InChI is InChI=1S/C27H24N6O3/c1-35-19-10-8-18(9-11-19)24-31-25-23-20(17-12-15-36-16-13-17)5-4-7-21(23)29-27(33(25)32-24)30-22-6-2-3-14-28-26(22)34/h2-11,14,17H,12-13,15-16H2,1H3,(H,28,29,30,34). The van der Waals surface area contributed by atoms with Crippen molar-refractivity contribution in [2.45, 2.75) is 18.8 Å². The highest BCUT2D eigenvalue weighted by molar-refractivity contribution is 5.96. The molecule has 9 heteroatoms. The molecule has 6 rings (SSSR count). The fourth-order valence-corrected chi connectivity index (χ4v) is 4.64. The summed E-state index contributed by atoms with van der Waals surface area (Å²) >= 11 is 0. The van der Waals surface area contributed by atoms with Gasteiger partial charge in [-0.05, 0) is 66.8 Å². The third-order valence-electron chi connectivity index (χ3n) is 6.47. The average Bonchev–Trinajstić information content (AvgIpc) is 3.28. The zero-order valence-corrected chi connectivity index (χ0v) is 19.7. The van der Waals surface area contributed by atoms with Crippen molar-refractivity contribution in [2.24, 2.45) is 0 Å².